The van der Waals surface area contributed by atoms with Crippen LogP contribution in [0.4, 0.5) is 0 Å². The maximum absolute atomic E-state index is 12.2. The Labute approximate surface area is 122 Å². The number of carbonyl (C=O) groups is 1. The van der Waals surface area contributed by atoms with Crippen molar-refractivity contribution in [3.63, 3.8) is 0 Å². The Morgan fingerprint density at radius 1 is 1.35 bits per heavy atom. The van der Waals surface area contributed by atoms with E-state index in [4.69, 9.17) is 4.42 Å². The van der Waals surface area contributed by atoms with Crippen molar-refractivity contribution >= 4 is 18.3 Å². The third-order valence-corrected chi connectivity index (χ3v) is 3.21. The van der Waals surface area contributed by atoms with Gasteiger partial charge in [0.15, 0.2) is 11.5 Å². The number of aromatic nitrogens is 2. The molecule has 6 nitrogen and oxygen atoms in total. The van der Waals surface area contributed by atoms with Crippen molar-refractivity contribution in [2.24, 2.45) is 0 Å². The molecule has 2 aromatic rings. The van der Waals surface area contributed by atoms with Crippen LogP contribution >= 0.6 is 12.4 Å². The molecule has 0 unspecified atom stereocenters. The first-order chi connectivity index (χ1) is 9.24. The number of H-pyrrole nitrogens is 1. The molecule has 1 saturated heterocycles. The zero-order chi connectivity index (χ0) is 13.2. The highest BCUT2D eigenvalue weighted by Crippen LogP contribution is 2.20. The van der Waals surface area contributed by atoms with E-state index < -0.39 is 0 Å². The topological polar surface area (TPSA) is 74.2 Å². The molecule has 0 aliphatic carbocycles. The van der Waals surface area contributed by atoms with Gasteiger partial charge in [-0.05, 0) is 19.1 Å². The van der Waals surface area contributed by atoms with E-state index in [1.54, 1.807) is 6.07 Å². The number of aromatic amines is 1. The summed E-state index contributed by atoms with van der Waals surface area (Å²) in [5.41, 5.74) is 1.16. The van der Waals surface area contributed by atoms with Gasteiger partial charge in [-0.2, -0.15) is 5.10 Å². The number of nitrogens with zero attached hydrogens (tertiary/aromatic N) is 2. The van der Waals surface area contributed by atoms with Crippen LogP contribution in [0.15, 0.2) is 22.6 Å². The Hall–Kier alpha value is -1.79. The zero-order valence-corrected chi connectivity index (χ0v) is 12.0. The molecule has 0 bridgehead atoms. The molecule has 2 aromatic heterocycles. The Balaban J connectivity index is 0.00000147. The van der Waals surface area contributed by atoms with Crippen molar-refractivity contribution in [1.29, 1.82) is 0 Å². The zero-order valence-electron chi connectivity index (χ0n) is 11.2. The number of nitrogens with one attached hydrogen (secondary N) is 2. The van der Waals surface area contributed by atoms with Gasteiger partial charge < -0.3 is 14.6 Å². The molecule has 3 rings (SSSR count). The summed E-state index contributed by atoms with van der Waals surface area (Å²) < 4.78 is 5.50. The summed E-state index contributed by atoms with van der Waals surface area (Å²) in [5.74, 6) is 1.50. The normalized spacial score (nSPS) is 14.9. The predicted octanol–water partition coefficient (Wildman–Crippen LogP) is 1.45. The van der Waals surface area contributed by atoms with E-state index in [1.807, 2.05) is 24.0 Å². The second-order valence-electron chi connectivity index (χ2n) is 4.62. The van der Waals surface area contributed by atoms with E-state index in [0.717, 1.165) is 37.6 Å². The lowest BCUT2D eigenvalue weighted by Gasteiger charge is -2.26. The van der Waals surface area contributed by atoms with Crippen molar-refractivity contribution in [3.8, 4) is 11.5 Å². The molecule has 0 saturated carbocycles. The second kappa shape index (κ2) is 6.11. The van der Waals surface area contributed by atoms with Gasteiger partial charge in [0.1, 0.15) is 11.5 Å². The van der Waals surface area contributed by atoms with Crippen LogP contribution in [0.2, 0.25) is 0 Å². The summed E-state index contributed by atoms with van der Waals surface area (Å²) in [7, 11) is 0. The second-order valence-corrected chi connectivity index (χ2v) is 4.62. The molecule has 20 heavy (non-hydrogen) atoms. The molecule has 0 atom stereocenters. The fourth-order valence-electron chi connectivity index (χ4n) is 2.17. The first-order valence-corrected chi connectivity index (χ1v) is 6.36. The molecule has 1 aliphatic heterocycles. The minimum absolute atomic E-state index is 0. The highest BCUT2D eigenvalue weighted by atomic mass is 35.5. The van der Waals surface area contributed by atoms with Gasteiger partial charge in [0, 0.05) is 32.2 Å². The summed E-state index contributed by atoms with van der Waals surface area (Å²) in [5, 5.41) is 10.1. The first-order valence-electron chi connectivity index (χ1n) is 6.36. The van der Waals surface area contributed by atoms with Crippen molar-refractivity contribution in [3.05, 3.63) is 29.7 Å². The van der Waals surface area contributed by atoms with Gasteiger partial charge in [0.05, 0.1) is 0 Å². The average molecular weight is 297 g/mol. The molecule has 7 heteroatoms. The fraction of sp³-hybridized carbons (Fsp3) is 0.385. The Bertz CT molecular complexity index is 587. The molecular weight excluding hydrogens is 280 g/mol. The van der Waals surface area contributed by atoms with Crippen molar-refractivity contribution in [1.82, 2.24) is 20.4 Å². The van der Waals surface area contributed by atoms with Gasteiger partial charge in [-0.3, -0.25) is 9.89 Å². The lowest BCUT2D eigenvalue weighted by atomic mass is 10.2. The minimum atomic E-state index is -0.0349. The highest BCUT2D eigenvalue weighted by molar-refractivity contribution is 5.93. The van der Waals surface area contributed by atoms with Crippen LogP contribution in [-0.2, 0) is 0 Å². The Morgan fingerprint density at radius 2 is 2.10 bits per heavy atom. The van der Waals surface area contributed by atoms with Crippen molar-refractivity contribution in [2.45, 2.75) is 6.92 Å². The summed E-state index contributed by atoms with van der Waals surface area (Å²) in [6.07, 6.45) is 0. The van der Waals surface area contributed by atoms with E-state index in [-0.39, 0.29) is 18.3 Å². The lowest BCUT2D eigenvalue weighted by molar-refractivity contribution is 0.0730. The summed E-state index contributed by atoms with van der Waals surface area (Å²) in [6.45, 7) is 5.00. The lowest BCUT2D eigenvalue weighted by Crippen LogP contribution is -2.46. The fourth-order valence-corrected chi connectivity index (χ4v) is 2.17. The average Bonchev–Trinajstić information content (AvgIpc) is 3.07. The van der Waals surface area contributed by atoms with Crippen LogP contribution < -0.4 is 5.32 Å². The number of carbonyl (C=O) groups excluding carboxylic acids is 1. The van der Waals surface area contributed by atoms with E-state index in [2.05, 4.69) is 15.5 Å². The molecule has 2 N–H and O–H groups in total. The minimum Gasteiger partial charge on any atom is -0.460 e. The number of hydrogen-bond acceptors (Lipinski definition) is 4. The molecule has 0 aromatic carbocycles. The molecule has 0 radical (unpaired) electrons. The number of rotatable bonds is 2. The SMILES string of the molecule is Cc1ccc(-c2cc(C(=O)N3CCNCC3)n[nH]2)o1.Cl. The van der Waals surface area contributed by atoms with Gasteiger partial charge in [0.2, 0.25) is 0 Å². The van der Waals surface area contributed by atoms with E-state index >= 15 is 0 Å². The van der Waals surface area contributed by atoms with Crippen LogP contribution in [0.1, 0.15) is 16.2 Å². The van der Waals surface area contributed by atoms with Gasteiger partial charge in [-0.1, -0.05) is 0 Å². The number of aryl methyl sites for hydroxylation is 1. The van der Waals surface area contributed by atoms with Crippen LogP contribution in [0.25, 0.3) is 11.5 Å². The van der Waals surface area contributed by atoms with Crippen LogP contribution in [0.3, 0.4) is 0 Å². The van der Waals surface area contributed by atoms with Crippen LogP contribution in [0.5, 0.6) is 0 Å². The molecule has 0 spiro atoms. The van der Waals surface area contributed by atoms with Gasteiger partial charge in [0.25, 0.3) is 5.91 Å². The van der Waals surface area contributed by atoms with Gasteiger partial charge in [-0.25, -0.2) is 0 Å². The molecule has 1 amide bonds. The third-order valence-electron chi connectivity index (χ3n) is 3.21. The number of amides is 1. The van der Waals surface area contributed by atoms with Crippen molar-refractivity contribution in [2.75, 3.05) is 26.2 Å². The number of hydrogen-bond donors (Lipinski definition) is 2. The van der Waals surface area contributed by atoms with Crippen molar-refractivity contribution < 1.29 is 9.21 Å². The Morgan fingerprint density at radius 3 is 2.75 bits per heavy atom. The third kappa shape index (κ3) is 2.86. The standard InChI is InChI=1S/C13H16N4O2.ClH/c1-9-2-3-12(19-9)10-8-11(16-15-10)13(18)17-6-4-14-5-7-17;/h2-3,8,14H,4-7H2,1H3,(H,15,16);1H. The van der Waals surface area contributed by atoms with E-state index in [0.29, 0.717) is 11.5 Å². The largest absolute Gasteiger partial charge is 0.460 e. The first kappa shape index (κ1) is 14.6. The summed E-state index contributed by atoms with van der Waals surface area (Å²) in [6, 6.07) is 5.48. The highest BCUT2D eigenvalue weighted by Gasteiger charge is 2.21. The molecule has 1 fully saturated rings. The van der Waals surface area contributed by atoms with Gasteiger partial charge in [-0.15, -0.1) is 12.4 Å². The maximum Gasteiger partial charge on any atom is 0.274 e. The molecule has 108 valence electrons. The number of halogens is 1. The maximum atomic E-state index is 12.2. The van der Waals surface area contributed by atoms with Crippen LogP contribution in [-0.4, -0.2) is 47.2 Å². The number of piperazine rings is 1. The molecule has 1 aliphatic rings. The Kier molecular flexibility index (Phi) is 4.46. The van der Waals surface area contributed by atoms with Gasteiger partial charge >= 0.3 is 0 Å². The molecule has 3 heterocycles. The number of furan rings is 1. The summed E-state index contributed by atoms with van der Waals surface area (Å²) in [4.78, 5) is 14.0. The predicted molar refractivity (Wildman–Crippen MR) is 77.0 cm³/mol. The van der Waals surface area contributed by atoms with Crippen LogP contribution in [0, 0.1) is 6.92 Å². The van der Waals surface area contributed by atoms with E-state index in [1.165, 1.54) is 0 Å². The monoisotopic (exact) mass is 296 g/mol. The van der Waals surface area contributed by atoms with E-state index in [9.17, 15) is 4.79 Å². The smallest absolute Gasteiger partial charge is 0.274 e. The molecular formula is C13H17ClN4O2. The summed E-state index contributed by atoms with van der Waals surface area (Å²) >= 11 is 0. The quantitative estimate of drug-likeness (QED) is 0.879.